The van der Waals surface area contributed by atoms with Crippen LogP contribution in [0.3, 0.4) is 0 Å². The summed E-state index contributed by atoms with van der Waals surface area (Å²) in [5.74, 6) is 0. The molecule has 0 spiro atoms. The fourth-order valence-electron chi connectivity index (χ4n) is 3.25. The normalized spacial score (nSPS) is 21.5. The number of ether oxygens (including phenoxy) is 1. The van der Waals surface area contributed by atoms with Crippen LogP contribution in [0.25, 0.3) is 0 Å². The predicted molar refractivity (Wildman–Crippen MR) is 79.4 cm³/mol. The zero-order chi connectivity index (χ0) is 14.1. The Morgan fingerprint density at radius 2 is 2.05 bits per heavy atom. The fraction of sp³-hybridized carbons (Fsp3) is 1.00. The Morgan fingerprint density at radius 3 is 2.58 bits per heavy atom. The van der Waals surface area contributed by atoms with Gasteiger partial charge in [-0.1, -0.05) is 20.3 Å². The van der Waals surface area contributed by atoms with Gasteiger partial charge in [-0.3, -0.25) is 0 Å². The van der Waals surface area contributed by atoms with Crippen LogP contribution in [0.1, 0.15) is 39.5 Å². The highest BCUT2D eigenvalue weighted by Gasteiger charge is 2.28. The molecule has 0 radical (unpaired) electrons. The number of nitrogens with one attached hydrogen (secondary N) is 1. The molecular formula is C15H32N2O2. The van der Waals surface area contributed by atoms with E-state index in [1.54, 1.807) is 0 Å². The Kier molecular flexibility index (Phi) is 7.91. The molecule has 4 heteroatoms. The first kappa shape index (κ1) is 16.9. The van der Waals surface area contributed by atoms with Gasteiger partial charge in [0.15, 0.2) is 0 Å². The molecular weight excluding hydrogens is 240 g/mol. The number of hydrogen-bond donors (Lipinski definition) is 2. The van der Waals surface area contributed by atoms with Crippen LogP contribution in [0.4, 0.5) is 0 Å². The van der Waals surface area contributed by atoms with Crippen molar-refractivity contribution in [2.75, 3.05) is 46.4 Å². The summed E-state index contributed by atoms with van der Waals surface area (Å²) in [5, 5.41) is 12.1. The Balaban J connectivity index is 2.33. The molecule has 114 valence electrons. The average molecular weight is 272 g/mol. The van der Waals surface area contributed by atoms with Gasteiger partial charge in [-0.2, -0.15) is 0 Å². The summed E-state index contributed by atoms with van der Waals surface area (Å²) in [6.07, 6.45) is 5.07. The summed E-state index contributed by atoms with van der Waals surface area (Å²) in [4.78, 5) is 2.58. The van der Waals surface area contributed by atoms with Gasteiger partial charge in [0.05, 0.1) is 19.3 Å². The van der Waals surface area contributed by atoms with Crippen LogP contribution in [0.5, 0.6) is 0 Å². The lowest BCUT2D eigenvalue weighted by Gasteiger charge is -2.39. The maximum atomic E-state index is 8.78. The molecule has 1 aliphatic heterocycles. The van der Waals surface area contributed by atoms with Crippen LogP contribution >= 0.6 is 0 Å². The molecule has 4 nitrogen and oxygen atoms in total. The van der Waals surface area contributed by atoms with E-state index in [9.17, 15) is 0 Å². The van der Waals surface area contributed by atoms with Crippen molar-refractivity contribution in [3.63, 3.8) is 0 Å². The van der Waals surface area contributed by atoms with E-state index in [1.807, 2.05) is 7.05 Å². The summed E-state index contributed by atoms with van der Waals surface area (Å²) in [5.41, 5.74) is 0.377. The van der Waals surface area contributed by atoms with Crippen molar-refractivity contribution in [2.45, 2.75) is 45.6 Å². The van der Waals surface area contributed by atoms with Gasteiger partial charge in [0.25, 0.3) is 0 Å². The van der Waals surface area contributed by atoms with Gasteiger partial charge in [0.2, 0.25) is 0 Å². The third-order valence-corrected chi connectivity index (χ3v) is 4.04. The molecule has 19 heavy (non-hydrogen) atoms. The van der Waals surface area contributed by atoms with Crippen molar-refractivity contribution < 1.29 is 9.84 Å². The highest BCUT2D eigenvalue weighted by Crippen LogP contribution is 2.26. The van der Waals surface area contributed by atoms with Gasteiger partial charge in [-0.15, -0.1) is 0 Å². The molecule has 1 rings (SSSR count). The summed E-state index contributed by atoms with van der Waals surface area (Å²) in [6, 6.07) is 0. The molecule has 1 saturated heterocycles. The van der Waals surface area contributed by atoms with Gasteiger partial charge >= 0.3 is 0 Å². The molecule has 0 aromatic heterocycles. The minimum absolute atomic E-state index is 0.136. The average Bonchev–Trinajstić information content (AvgIpc) is 2.38. The number of nitrogens with zero attached hydrogens (tertiary/aromatic N) is 1. The number of hydrogen-bond acceptors (Lipinski definition) is 4. The minimum Gasteiger partial charge on any atom is -0.394 e. The Labute approximate surface area is 118 Å². The van der Waals surface area contributed by atoms with Gasteiger partial charge in [-0.25, -0.2) is 0 Å². The zero-order valence-electron chi connectivity index (χ0n) is 13.0. The monoisotopic (exact) mass is 272 g/mol. The van der Waals surface area contributed by atoms with Crippen molar-refractivity contribution in [1.82, 2.24) is 10.2 Å². The second-order valence-electron chi connectivity index (χ2n) is 6.16. The summed E-state index contributed by atoms with van der Waals surface area (Å²) >= 11 is 0. The van der Waals surface area contributed by atoms with Crippen LogP contribution in [0.15, 0.2) is 0 Å². The molecule has 1 fully saturated rings. The zero-order valence-corrected chi connectivity index (χ0v) is 13.0. The second-order valence-corrected chi connectivity index (χ2v) is 6.16. The Hall–Kier alpha value is -0.160. The molecule has 0 aromatic rings. The first-order valence-corrected chi connectivity index (χ1v) is 7.73. The van der Waals surface area contributed by atoms with Crippen molar-refractivity contribution in [1.29, 1.82) is 0 Å². The highest BCUT2D eigenvalue weighted by atomic mass is 16.5. The van der Waals surface area contributed by atoms with E-state index in [4.69, 9.17) is 9.84 Å². The first-order valence-electron chi connectivity index (χ1n) is 7.73. The number of aliphatic hydroxyl groups is 1. The lowest BCUT2D eigenvalue weighted by atomic mass is 9.84. The van der Waals surface area contributed by atoms with Crippen molar-refractivity contribution in [3.05, 3.63) is 0 Å². The van der Waals surface area contributed by atoms with Crippen LogP contribution in [0.2, 0.25) is 0 Å². The van der Waals surface area contributed by atoms with Gasteiger partial charge < -0.3 is 20.1 Å². The first-order chi connectivity index (χ1) is 9.13. The topological polar surface area (TPSA) is 44.7 Å². The van der Waals surface area contributed by atoms with E-state index in [-0.39, 0.29) is 6.61 Å². The largest absolute Gasteiger partial charge is 0.394 e. The van der Waals surface area contributed by atoms with Crippen LogP contribution in [0, 0.1) is 5.41 Å². The Bertz CT molecular complexity index is 222. The summed E-state index contributed by atoms with van der Waals surface area (Å²) < 4.78 is 5.62. The highest BCUT2D eigenvalue weighted by molar-refractivity contribution is 4.83. The van der Waals surface area contributed by atoms with E-state index in [0.29, 0.717) is 18.1 Å². The number of likely N-dealkylation sites (tertiary alicyclic amines) is 1. The molecule has 1 atom stereocenters. The lowest BCUT2D eigenvalue weighted by molar-refractivity contribution is -0.0143. The van der Waals surface area contributed by atoms with E-state index < -0.39 is 0 Å². The van der Waals surface area contributed by atoms with Crippen LogP contribution < -0.4 is 5.32 Å². The number of rotatable bonds is 9. The Morgan fingerprint density at radius 1 is 1.37 bits per heavy atom. The number of aliphatic hydroxyl groups excluding tert-OH is 1. The van der Waals surface area contributed by atoms with Crippen molar-refractivity contribution >= 4 is 0 Å². The maximum Gasteiger partial charge on any atom is 0.0701 e. The van der Waals surface area contributed by atoms with Crippen LogP contribution in [-0.2, 0) is 4.74 Å². The van der Waals surface area contributed by atoms with Gasteiger partial charge in [0, 0.05) is 26.2 Å². The van der Waals surface area contributed by atoms with Gasteiger partial charge in [0.1, 0.15) is 0 Å². The van der Waals surface area contributed by atoms with Crippen LogP contribution in [-0.4, -0.2) is 62.6 Å². The molecule has 0 aromatic carbocycles. The lowest BCUT2D eigenvalue weighted by Crippen LogP contribution is -2.45. The SMILES string of the molecule is CCCC(C)(CNC)CN1CCC(OCCO)CC1. The predicted octanol–water partition coefficient (Wildman–Crippen LogP) is 1.49. The standard InChI is InChI=1S/C15H32N2O2/c1-4-7-15(2,12-16-3)13-17-8-5-14(6-9-17)19-11-10-18/h14,16,18H,4-13H2,1-3H3. The fourth-order valence-corrected chi connectivity index (χ4v) is 3.25. The molecule has 0 aliphatic carbocycles. The van der Waals surface area contributed by atoms with Gasteiger partial charge in [-0.05, 0) is 31.7 Å². The summed E-state index contributed by atoms with van der Waals surface area (Å²) in [6.45, 7) is 9.79. The minimum atomic E-state index is 0.136. The molecule has 2 N–H and O–H groups in total. The van der Waals surface area contributed by atoms with E-state index in [2.05, 4.69) is 24.1 Å². The molecule has 1 aliphatic rings. The van der Waals surface area contributed by atoms with E-state index >= 15 is 0 Å². The molecule has 0 amide bonds. The number of piperidine rings is 1. The second kappa shape index (κ2) is 8.90. The molecule has 0 bridgehead atoms. The quantitative estimate of drug-likeness (QED) is 0.667. The molecule has 0 saturated carbocycles. The molecule has 1 unspecified atom stereocenters. The maximum absolute atomic E-state index is 8.78. The van der Waals surface area contributed by atoms with Crippen molar-refractivity contribution in [3.8, 4) is 0 Å². The third-order valence-electron chi connectivity index (χ3n) is 4.04. The van der Waals surface area contributed by atoms with Crippen molar-refractivity contribution in [2.24, 2.45) is 5.41 Å². The van der Waals surface area contributed by atoms with E-state index in [1.165, 1.54) is 19.4 Å². The molecule has 1 heterocycles. The third kappa shape index (κ3) is 6.21. The van der Waals surface area contributed by atoms with E-state index in [0.717, 1.165) is 32.5 Å². The summed E-state index contributed by atoms with van der Waals surface area (Å²) in [7, 11) is 2.04. The smallest absolute Gasteiger partial charge is 0.0701 e.